The van der Waals surface area contributed by atoms with Gasteiger partial charge in [-0.05, 0) is 25.8 Å². The van der Waals surface area contributed by atoms with E-state index >= 15 is 0 Å². The van der Waals surface area contributed by atoms with E-state index in [0.717, 1.165) is 13.0 Å². The van der Waals surface area contributed by atoms with Crippen molar-refractivity contribution < 1.29 is 8.42 Å². The summed E-state index contributed by atoms with van der Waals surface area (Å²) in [5.41, 5.74) is 0. The van der Waals surface area contributed by atoms with Gasteiger partial charge >= 0.3 is 0 Å². The van der Waals surface area contributed by atoms with Crippen LogP contribution in [0.5, 0.6) is 0 Å². The van der Waals surface area contributed by atoms with Crippen molar-refractivity contribution in [2.45, 2.75) is 40.2 Å². The fourth-order valence-corrected chi connectivity index (χ4v) is 2.29. The van der Waals surface area contributed by atoms with E-state index in [2.05, 4.69) is 19.2 Å². The number of nitrogens with one attached hydrogen (secondary N) is 1. The lowest BCUT2D eigenvalue weighted by Crippen LogP contribution is -2.34. The molecule has 0 saturated carbocycles. The minimum absolute atomic E-state index is 0.0682. The molecule has 0 aliphatic carbocycles. The normalized spacial score (nSPS) is 14.6. The molecule has 0 aliphatic rings. The Kier molecular flexibility index (Phi) is 6.36. The van der Waals surface area contributed by atoms with Crippen molar-refractivity contribution in [1.82, 2.24) is 5.32 Å². The summed E-state index contributed by atoms with van der Waals surface area (Å²) in [5.74, 6) is 1.16. The van der Waals surface area contributed by atoms with Crippen LogP contribution < -0.4 is 5.32 Å². The Morgan fingerprint density at radius 3 is 2.21 bits per heavy atom. The van der Waals surface area contributed by atoms with Gasteiger partial charge in [-0.1, -0.05) is 20.8 Å². The predicted molar refractivity (Wildman–Crippen MR) is 61.2 cm³/mol. The first-order valence-corrected chi connectivity index (χ1v) is 7.13. The van der Waals surface area contributed by atoms with Gasteiger partial charge in [0.25, 0.3) is 0 Å². The van der Waals surface area contributed by atoms with Gasteiger partial charge in [0.1, 0.15) is 0 Å². The standard InChI is InChI=1S/C10H23NO2S/c1-5-14(12,13)8-10(4)11-7-6-9(2)3/h9-11H,5-8H2,1-4H3. The molecule has 0 aromatic rings. The highest BCUT2D eigenvalue weighted by atomic mass is 32.2. The molecular formula is C10H23NO2S. The summed E-state index contributed by atoms with van der Waals surface area (Å²) in [4.78, 5) is 0. The summed E-state index contributed by atoms with van der Waals surface area (Å²) in [6.07, 6.45) is 1.09. The number of rotatable bonds is 7. The van der Waals surface area contributed by atoms with E-state index in [1.54, 1.807) is 6.92 Å². The van der Waals surface area contributed by atoms with Crippen molar-refractivity contribution >= 4 is 9.84 Å². The first-order chi connectivity index (χ1) is 6.37. The third kappa shape index (κ3) is 7.33. The zero-order valence-corrected chi connectivity index (χ0v) is 10.5. The monoisotopic (exact) mass is 221 g/mol. The Labute approximate surface area is 88.2 Å². The second-order valence-corrected chi connectivity index (χ2v) is 6.63. The van der Waals surface area contributed by atoms with E-state index in [4.69, 9.17) is 0 Å². The van der Waals surface area contributed by atoms with Gasteiger partial charge in [-0.3, -0.25) is 0 Å². The van der Waals surface area contributed by atoms with Crippen LogP contribution >= 0.6 is 0 Å². The Bertz CT molecular complexity index is 235. The quantitative estimate of drug-likeness (QED) is 0.707. The van der Waals surface area contributed by atoms with E-state index in [-0.39, 0.29) is 17.5 Å². The number of hydrogen-bond donors (Lipinski definition) is 1. The maximum Gasteiger partial charge on any atom is 0.151 e. The van der Waals surface area contributed by atoms with Crippen molar-refractivity contribution in [2.24, 2.45) is 5.92 Å². The molecule has 0 amide bonds. The molecule has 0 heterocycles. The first kappa shape index (κ1) is 13.9. The highest BCUT2D eigenvalue weighted by Crippen LogP contribution is 1.98. The van der Waals surface area contributed by atoms with Crippen LogP contribution in [0.3, 0.4) is 0 Å². The fraction of sp³-hybridized carbons (Fsp3) is 1.00. The van der Waals surface area contributed by atoms with Gasteiger partial charge in [-0.2, -0.15) is 0 Å². The largest absolute Gasteiger partial charge is 0.313 e. The van der Waals surface area contributed by atoms with Crippen molar-refractivity contribution in [3.63, 3.8) is 0 Å². The molecule has 3 nitrogen and oxygen atoms in total. The van der Waals surface area contributed by atoms with Crippen LogP contribution in [0, 0.1) is 5.92 Å². The lowest BCUT2D eigenvalue weighted by molar-refractivity contribution is 0.500. The number of sulfone groups is 1. The SMILES string of the molecule is CCS(=O)(=O)CC(C)NCCC(C)C. The molecule has 0 bridgehead atoms. The molecule has 14 heavy (non-hydrogen) atoms. The smallest absolute Gasteiger partial charge is 0.151 e. The van der Waals surface area contributed by atoms with Crippen LogP contribution in [0.4, 0.5) is 0 Å². The van der Waals surface area contributed by atoms with Gasteiger partial charge in [0.2, 0.25) is 0 Å². The topological polar surface area (TPSA) is 46.2 Å². The molecule has 0 fully saturated rings. The summed E-state index contributed by atoms with van der Waals surface area (Å²) in [5, 5.41) is 3.23. The third-order valence-electron chi connectivity index (χ3n) is 2.16. The summed E-state index contributed by atoms with van der Waals surface area (Å²) in [7, 11) is -2.83. The van der Waals surface area contributed by atoms with Gasteiger partial charge < -0.3 is 5.32 Å². The average Bonchev–Trinajstić information content (AvgIpc) is 2.02. The molecule has 1 atom stereocenters. The highest BCUT2D eigenvalue weighted by Gasteiger charge is 2.12. The molecule has 0 aliphatic heterocycles. The molecule has 1 N–H and O–H groups in total. The van der Waals surface area contributed by atoms with Crippen LogP contribution in [0.1, 0.15) is 34.1 Å². The van der Waals surface area contributed by atoms with Crippen LogP contribution in [-0.2, 0) is 9.84 Å². The van der Waals surface area contributed by atoms with Gasteiger partial charge in [-0.25, -0.2) is 8.42 Å². The van der Waals surface area contributed by atoms with E-state index in [0.29, 0.717) is 5.92 Å². The summed E-state index contributed by atoms with van der Waals surface area (Å²) < 4.78 is 22.5. The second-order valence-electron chi connectivity index (χ2n) is 4.24. The van der Waals surface area contributed by atoms with Gasteiger partial charge in [-0.15, -0.1) is 0 Å². The molecule has 4 heteroatoms. The Morgan fingerprint density at radius 2 is 1.79 bits per heavy atom. The van der Waals surface area contributed by atoms with E-state index in [1.807, 2.05) is 6.92 Å². The molecule has 0 aromatic carbocycles. The van der Waals surface area contributed by atoms with Crippen molar-refractivity contribution in [3.8, 4) is 0 Å². The van der Waals surface area contributed by atoms with Gasteiger partial charge in [0, 0.05) is 11.8 Å². The molecule has 0 aromatic heterocycles. The fourth-order valence-electron chi connectivity index (χ4n) is 1.18. The van der Waals surface area contributed by atoms with E-state index in [1.165, 1.54) is 0 Å². The molecule has 0 radical (unpaired) electrons. The molecular weight excluding hydrogens is 198 g/mol. The van der Waals surface area contributed by atoms with E-state index in [9.17, 15) is 8.42 Å². The second kappa shape index (κ2) is 6.40. The third-order valence-corrected chi connectivity index (χ3v) is 4.05. The lowest BCUT2D eigenvalue weighted by atomic mass is 10.1. The summed E-state index contributed by atoms with van der Waals surface area (Å²) in [6.45, 7) is 8.84. The van der Waals surface area contributed by atoms with Crippen molar-refractivity contribution in [3.05, 3.63) is 0 Å². The van der Waals surface area contributed by atoms with Gasteiger partial charge in [0.05, 0.1) is 5.75 Å². The maximum absolute atomic E-state index is 11.3. The van der Waals surface area contributed by atoms with Crippen molar-refractivity contribution in [2.75, 3.05) is 18.1 Å². The Balaban J connectivity index is 3.71. The van der Waals surface area contributed by atoms with Crippen LogP contribution in [-0.4, -0.2) is 32.5 Å². The minimum atomic E-state index is -2.83. The Morgan fingerprint density at radius 1 is 1.21 bits per heavy atom. The van der Waals surface area contributed by atoms with Crippen molar-refractivity contribution in [1.29, 1.82) is 0 Å². The number of hydrogen-bond acceptors (Lipinski definition) is 3. The molecule has 0 saturated heterocycles. The first-order valence-electron chi connectivity index (χ1n) is 5.31. The van der Waals surface area contributed by atoms with Gasteiger partial charge in [0.15, 0.2) is 9.84 Å². The lowest BCUT2D eigenvalue weighted by Gasteiger charge is -2.14. The van der Waals surface area contributed by atoms with E-state index < -0.39 is 9.84 Å². The average molecular weight is 221 g/mol. The molecule has 1 unspecified atom stereocenters. The van der Waals surface area contributed by atoms with Crippen LogP contribution in [0.2, 0.25) is 0 Å². The minimum Gasteiger partial charge on any atom is -0.313 e. The predicted octanol–water partition coefficient (Wildman–Crippen LogP) is 1.45. The molecule has 86 valence electrons. The zero-order chi connectivity index (χ0) is 11.2. The summed E-state index contributed by atoms with van der Waals surface area (Å²) in [6, 6.07) is 0.0682. The van der Waals surface area contributed by atoms with Crippen LogP contribution in [0.15, 0.2) is 0 Å². The zero-order valence-electron chi connectivity index (χ0n) is 9.71. The van der Waals surface area contributed by atoms with Crippen LogP contribution in [0.25, 0.3) is 0 Å². The summed E-state index contributed by atoms with van der Waals surface area (Å²) >= 11 is 0. The molecule has 0 rings (SSSR count). The Hall–Kier alpha value is -0.0900. The maximum atomic E-state index is 11.3. The highest BCUT2D eigenvalue weighted by molar-refractivity contribution is 7.91. The molecule has 0 spiro atoms.